The second-order valence-electron chi connectivity index (χ2n) is 10.8. The van der Waals surface area contributed by atoms with Crippen LogP contribution in [0.3, 0.4) is 0 Å². The summed E-state index contributed by atoms with van der Waals surface area (Å²) in [6.07, 6.45) is 0. The molecule has 8 rings (SSSR count). The van der Waals surface area contributed by atoms with Crippen LogP contribution in [0.5, 0.6) is 0 Å². The Bertz CT molecular complexity index is 2100. The summed E-state index contributed by atoms with van der Waals surface area (Å²) in [5, 5.41) is 2.16. The van der Waals surface area contributed by atoms with E-state index in [9.17, 15) is 0 Å². The van der Waals surface area contributed by atoms with Gasteiger partial charge in [0.15, 0.2) is 5.58 Å². The van der Waals surface area contributed by atoms with Crippen LogP contribution >= 0.6 is 0 Å². The predicted molar refractivity (Wildman–Crippen MR) is 183 cm³/mol. The van der Waals surface area contributed by atoms with Crippen molar-refractivity contribution in [3.05, 3.63) is 170 Å². The fraction of sp³-hybridized carbons (Fsp3) is 0. The molecular formula is C41H28N2O. The third-order valence-electron chi connectivity index (χ3n) is 8.11. The Kier molecular flexibility index (Phi) is 6.47. The summed E-state index contributed by atoms with van der Waals surface area (Å²) in [4.78, 5) is 7.28. The van der Waals surface area contributed by atoms with E-state index in [1.54, 1.807) is 0 Å². The standard InChI is InChI=1S/C41H28N2O/c1-4-12-29(13-5-1)31-20-24-34(25-21-31)43(35-26-22-32(23-27-35)30-14-6-2-7-15-30)38-28-39-40(37-19-11-10-18-36(37)38)42-41(44-39)33-16-8-3-9-17-33/h1-28H. The van der Waals surface area contributed by atoms with Gasteiger partial charge in [-0.25, -0.2) is 4.98 Å². The molecule has 208 valence electrons. The minimum absolute atomic E-state index is 0.619. The zero-order valence-electron chi connectivity index (χ0n) is 24.0. The van der Waals surface area contributed by atoms with Crippen LogP contribution in [0.1, 0.15) is 0 Å². The normalized spacial score (nSPS) is 11.2. The number of benzene rings is 7. The van der Waals surface area contributed by atoms with Crippen LogP contribution in [0, 0.1) is 0 Å². The maximum Gasteiger partial charge on any atom is 0.227 e. The second kappa shape index (κ2) is 11.0. The van der Waals surface area contributed by atoms with Crippen molar-refractivity contribution in [1.82, 2.24) is 4.98 Å². The molecule has 7 aromatic carbocycles. The number of nitrogens with zero attached hydrogens (tertiary/aromatic N) is 2. The van der Waals surface area contributed by atoms with Crippen molar-refractivity contribution in [2.75, 3.05) is 4.90 Å². The van der Waals surface area contributed by atoms with E-state index in [0.29, 0.717) is 5.89 Å². The Labute approximate surface area is 256 Å². The van der Waals surface area contributed by atoms with Crippen molar-refractivity contribution < 1.29 is 4.42 Å². The van der Waals surface area contributed by atoms with Gasteiger partial charge in [0.05, 0.1) is 5.69 Å². The molecule has 0 spiro atoms. The van der Waals surface area contributed by atoms with Gasteiger partial charge in [0.1, 0.15) is 5.52 Å². The molecule has 0 unspecified atom stereocenters. The zero-order valence-corrected chi connectivity index (χ0v) is 24.0. The predicted octanol–water partition coefficient (Wildman–Crippen LogP) is 11.5. The van der Waals surface area contributed by atoms with E-state index in [1.165, 1.54) is 22.3 Å². The van der Waals surface area contributed by atoms with E-state index < -0.39 is 0 Å². The Morgan fingerprint density at radius 3 is 1.36 bits per heavy atom. The first kappa shape index (κ1) is 25.8. The summed E-state index contributed by atoms with van der Waals surface area (Å²) in [5.41, 5.74) is 10.5. The van der Waals surface area contributed by atoms with E-state index in [2.05, 4.69) is 132 Å². The maximum atomic E-state index is 6.44. The third-order valence-corrected chi connectivity index (χ3v) is 8.11. The SMILES string of the molecule is c1ccc(-c2ccc(N(c3ccc(-c4ccccc4)cc3)c3cc4oc(-c5ccccc5)nc4c4ccccc34)cc2)cc1. The number of hydrogen-bond acceptors (Lipinski definition) is 3. The summed E-state index contributed by atoms with van der Waals surface area (Å²) < 4.78 is 6.44. The van der Waals surface area contributed by atoms with Crippen molar-refractivity contribution in [2.24, 2.45) is 0 Å². The number of rotatable bonds is 6. The molecule has 1 aromatic heterocycles. The van der Waals surface area contributed by atoms with E-state index in [4.69, 9.17) is 9.40 Å². The van der Waals surface area contributed by atoms with Gasteiger partial charge >= 0.3 is 0 Å². The summed E-state index contributed by atoms with van der Waals surface area (Å²) in [7, 11) is 0. The number of oxazole rings is 1. The third kappa shape index (κ3) is 4.71. The first-order valence-electron chi connectivity index (χ1n) is 14.8. The number of hydrogen-bond donors (Lipinski definition) is 0. The number of fused-ring (bicyclic) bond motifs is 3. The molecule has 0 bridgehead atoms. The molecule has 0 radical (unpaired) electrons. The number of aromatic nitrogens is 1. The summed E-state index contributed by atoms with van der Waals surface area (Å²) in [6.45, 7) is 0. The summed E-state index contributed by atoms with van der Waals surface area (Å²) >= 11 is 0. The molecule has 3 heteroatoms. The van der Waals surface area contributed by atoms with Crippen molar-refractivity contribution in [1.29, 1.82) is 0 Å². The smallest absolute Gasteiger partial charge is 0.227 e. The van der Waals surface area contributed by atoms with Gasteiger partial charge in [0, 0.05) is 33.8 Å². The molecule has 0 aliphatic carbocycles. The molecule has 0 N–H and O–H groups in total. The number of anilines is 3. The van der Waals surface area contributed by atoms with Gasteiger partial charge in [0.2, 0.25) is 5.89 Å². The first-order valence-corrected chi connectivity index (χ1v) is 14.8. The van der Waals surface area contributed by atoms with Crippen molar-refractivity contribution in [3.63, 3.8) is 0 Å². The molecule has 3 nitrogen and oxygen atoms in total. The molecule has 44 heavy (non-hydrogen) atoms. The van der Waals surface area contributed by atoms with Crippen molar-refractivity contribution in [3.8, 4) is 33.7 Å². The zero-order chi connectivity index (χ0) is 29.3. The molecular weight excluding hydrogens is 536 g/mol. The van der Waals surface area contributed by atoms with Crippen LogP contribution in [0.25, 0.3) is 55.6 Å². The van der Waals surface area contributed by atoms with Crippen molar-refractivity contribution >= 4 is 38.9 Å². The van der Waals surface area contributed by atoms with Crippen LogP contribution in [-0.4, -0.2) is 4.98 Å². The van der Waals surface area contributed by atoms with Gasteiger partial charge in [-0.1, -0.05) is 127 Å². The average molecular weight is 565 g/mol. The highest BCUT2D eigenvalue weighted by molar-refractivity contribution is 6.12. The highest BCUT2D eigenvalue weighted by atomic mass is 16.3. The summed E-state index contributed by atoms with van der Waals surface area (Å²) in [6, 6.07) is 59.2. The van der Waals surface area contributed by atoms with E-state index in [1.807, 2.05) is 42.5 Å². The largest absolute Gasteiger partial charge is 0.436 e. The maximum absolute atomic E-state index is 6.44. The Morgan fingerprint density at radius 1 is 0.409 bits per heavy atom. The van der Waals surface area contributed by atoms with Crippen molar-refractivity contribution in [2.45, 2.75) is 0 Å². The highest BCUT2D eigenvalue weighted by Crippen LogP contribution is 2.43. The van der Waals surface area contributed by atoms with E-state index >= 15 is 0 Å². The van der Waals surface area contributed by atoms with Gasteiger partial charge in [-0.05, 0) is 58.7 Å². The topological polar surface area (TPSA) is 29.3 Å². The molecule has 0 aliphatic rings. The van der Waals surface area contributed by atoms with Gasteiger partial charge in [-0.2, -0.15) is 0 Å². The van der Waals surface area contributed by atoms with Crippen LogP contribution in [0.15, 0.2) is 174 Å². The molecule has 8 aromatic rings. The van der Waals surface area contributed by atoms with E-state index in [-0.39, 0.29) is 0 Å². The Hall–Kier alpha value is -5.93. The monoisotopic (exact) mass is 564 g/mol. The molecule has 1 heterocycles. The lowest BCUT2D eigenvalue weighted by Gasteiger charge is -2.27. The molecule has 0 saturated heterocycles. The van der Waals surface area contributed by atoms with Gasteiger partial charge in [-0.15, -0.1) is 0 Å². The fourth-order valence-electron chi connectivity index (χ4n) is 5.92. The fourth-order valence-corrected chi connectivity index (χ4v) is 5.92. The van der Waals surface area contributed by atoms with Crippen LogP contribution < -0.4 is 4.90 Å². The van der Waals surface area contributed by atoms with Crippen LogP contribution in [0.4, 0.5) is 17.1 Å². The lowest BCUT2D eigenvalue weighted by atomic mass is 10.0. The van der Waals surface area contributed by atoms with E-state index in [0.717, 1.165) is 44.5 Å². The Morgan fingerprint density at radius 2 is 0.841 bits per heavy atom. The molecule has 0 amide bonds. The lowest BCUT2D eigenvalue weighted by Crippen LogP contribution is -2.10. The second-order valence-corrected chi connectivity index (χ2v) is 10.8. The molecule has 0 fully saturated rings. The van der Waals surface area contributed by atoms with Gasteiger partial charge in [0.25, 0.3) is 0 Å². The van der Waals surface area contributed by atoms with Crippen LogP contribution in [0.2, 0.25) is 0 Å². The minimum Gasteiger partial charge on any atom is -0.436 e. The van der Waals surface area contributed by atoms with Gasteiger partial charge in [-0.3, -0.25) is 0 Å². The summed E-state index contributed by atoms with van der Waals surface area (Å²) in [5.74, 6) is 0.619. The van der Waals surface area contributed by atoms with Gasteiger partial charge < -0.3 is 9.32 Å². The molecule has 0 aliphatic heterocycles. The van der Waals surface area contributed by atoms with Crippen LogP contribution in [-0.2, 0) is 0 Å². The molecule has 0 saturated carbocycles. The first-order chi connectivity index (χ1) is 21.8. The lowest BCUT2D eigenvalue weighted by molar-refractivity contribution is 0.620. The highest BCUT2D eigenvalue weighted by Gasteiger charge is 2.20. The molecule has 0 atom stereocenters. The average Bonchev–Trinajstić information content (AvgIpc) is 3.55. The Balaban J connectivity index is 1.32. The quantitative estimate of drug-likeness (QED) is 0.201. The minimum atomic E-state index is 0.619.